The van der Waals surface area contributed by atoms with Gasteiger partial charge in [0.2, 0.25) is 5.91 Å². The molecular weight excluding hydrogens is 268 g/mol. The average Bonchev–Trinajstić information content (AvgIpc) is 2.85. The Labute approximate surface area is 123 Å². The number of carbonyl (C=O) groups is 1. The summed E-state index contributed by atoms with van der Waals surface area (Å²) in [5, 5.41) is -0.0224. The van der Waals surface area contributed by atoms with Crippen molar-refractivity contribution in [3.8, 4) is 0 Å². The van der Waals surface area contributed by atoms with Gasteiger partial charge in [-0.05, 0) is 49.2 Å². The van der Waals surface area contributed by atoms with Crippen molar-refractivity contribution >= 4 is 23.4 Å². The second-order valence-corrected chi connectivity index (χ2v) is 6.02. The molecule has 3 nitrogen and oxygen atoms in total. The number of amides is 1. The SMILES string of the molecule is Cc1ccc(N2C(=O)CSC2c2ccccn2)cc1C. The van der Waals surface area contributed by atoms with E-state index in [-0.39, 0.29) is 11.3 Å². The largest absolute Gasteiger partial charge is 0.293 e. The summed E-state index contributed by atoms with van der Waals surface area (Å²) in [5.74, 6) is 0.655. The van der Waals surface area contributed by atoms with Crippen molar-refractivity contribution in [2.75, 3.05) is 10.7 Å². The Balaban J connectivity index is 2.00. The molecule has 1 unspecified atom stereocenters. The predicted octanol–water partition coefficient (Wildman–Crippen LogP) is 3.48. The number of hydrogen-bond donors (Lipinski definition) is 0. The molecule has 1 aromatic heterocycles. The van der Waals surface area contributed by atoms with Crippen LogP contribution in [0.2, 0.25) is 0 Å². The molecule has 0 saturated carbocycles. The van der Waals surface area contributed by atoms with Crippen LogP contribution in [0.1, 0.15) is 22.2 Å². The molecule has 0 spiro atoms. The summed E-state index contributed by atoms with van der Waals surface area (Å²) in [4.78, 5) is 18.5. The summed E-state index contributed by atoms with van der Waals surface area (Å²) in [5.41, 5.74) is 4.33. The van der Waals surface area contributed by atoms with E-state index in [4.69, 9.17) is 0 Å². The molecule has 20 heavy (non-hydrogen) atoms. The zero-order valence-corrected chi connectivity index (χ0v) is 12.4. The number of aryl methyl sites for hydroxylation is 2. The standard InChI is InChI=1S/C16H16N2OS/c1-11-6-7-13(9-12(11)2)18-15(19)10-20-16(18)14-5-3-4-8-17-14/h3-9,16H,10H2,1-2H3. The van der Waals surface area contributed by atoms with Crippen LogP contribution in [-0.2, 0) is 4.79 Å². The van der Waals surface area contributed by atoms with E-state index in [2.05, 4.69) is 31.0 Å². The van der Waals surface area contributed by atoms with Crippen LogP contribution in [0.15, 0.2) is 42.6 Å². The lowest BCUT2D eigenvalue weighted by Gasteiger charge is -2.24. The molecule has 1 aliphatic heterocycles. The fourth-order valence-electron chi connectivity index (χ4n) is 2.32. The minimum atomic E-state index is -0.0224. The van der Waals surface area contributed by atoms with E-state index in [1.165, 1.54) is 11.1 Å². The van der Waals surface area contributed by atoms with Gasteiger partial charge in [0, 0.05) is 11.9 Å². The maximum Gasteiger partial charge on any atom is 0.238 e. The third-order valence-electron chi connectivity index (χ3n) is 3.58. The van der Waals surface area contributed by atoms with Crippen LogP contribution in [0.3, 0.4) is 0 Å². The van der Waals surface area contributed by atoms with Crippen molar-refractivity contribution in [3.05, 3.63) is 59.4 Å². The number of thioether (sulfide) groups is 1. The van der Waals surface area contributed by atoms with Crippen molar-refractivity contribution in [2.45, 2.75) is 19.2 Å². The number of rotatable bonds is 2. The fraction of sp³-hybridized carbons (Fsp3) is 0.250. The first-order valence-electron chi connectivity index (χ1n) is 6.58. The average molecular weight is 284 g/mol. The number of benzene rings is 1. The van der Waals surface area contributed by atoms with Crippen LogP contribution >= 0.6 is 11.8 Å². The lowest BCUT2D eigenvalue weighted by Crippen LogP contribution is -2.28. The molecule has 2 heterocycles. The molecule has 1 fully saturated rings. The maximum absolute atomic E-state index is 12.2. The van der Waals surface area contributed by atoms with Gasteiger partial charge in [-0.15, -0.1) is 11.8 Å². The predicted molar refractivity (Wildman–Crippen MR) is 82.8 cm³/mol. The molecule has 0 bridgehead atoms. The second-order valence-electron chi connectivity index (χ2n) is 4.95. The second kappa shape index (κ2) is 5.29. The van der Waals surface area contributed by atoms with Crippen molar-refractivity contribution in [3.63, 3.8) is 0 Å². The normalized spacial score (nSPS) is 18.6. The molecule has 3 rings (SSSR count). The highest BCUT2D eigenvalue weighted by Crippen LogP contribution is 2.41. The number of pyridine rings is 1. The summed E-state index contributed by atoms with van der Waals surface area (Å²) < 4.78 is 0. The molecule has 1 aromatic carbocycles. The van der Waals surface area contributed by atoms with Crippen LogP contribution < -0.4 is 4.90 Å². The number of hydrogen-bond acceptors (Lipinski definition) is 3. The minimum Gasteiger partial charge on any atom is -0.293 e. The third kappa shape index (κ3) is 2.31. The first-order chi connectivity index (χ1) is 9.66. The minimum absolute atomic E-state index is 0.0224. The molecule has 1 saturated heterocycles. The Morgan fingerprint density at radius 3 is 2.75 bits per heavy atom. The van der Waals surface area contributed by atoms with E-state index >= 15 is 0 Å². The zero-order valence-electron chi connectivity index (χ0n) is 11.5. The first kappa shape index (κ1) is 13.2. The van der Waals surface area contributed by atoms with Crippen molar-refractivity contribution in [1.29, 1.82) is 0 Å². The molecular formula is C16H16N2OS. The van der Waals surface area contributed by atoms with E-state index in [1.54, 1.807) is 18.0 Å². The van der Waals surface area contributed by atoms with Crippen molar-refractivity contribution in [2.24, 2.45) is 0 Å². The lowest BCUT2D eigenvalue weighted by molar-refractivity contribution is -0.115. The van der Waals surface area contributed by atoms with Crippen LogP contribution in [0, 0.1) is 13.8 Å². The molecule has 1 atom stereocenters. The Kier molecular flexibility index (Phi) is 3.49. The number of anilines is 1. The lowest BCUT2D eigenvalue weighted by atomic mass is 10.1. The van der Waals surface area contributed by atoms with E-state index in [0.717, 1.165) is 11.4 Å². The van der Waals surface area contributed by atoms with Gasteiger partial charge in [-0.25, -0.2) is 0 Å². The summed E-state index contributed by atoms with van der Waals surface area (Å²) in [6, 6.07) is 12.0. The Hall–Kier alpha value is -1.81. The monoisotopic (exact) mass is 284 g/mol. The van der Waals surface area contributed by atoms with Crippen molar-refractivity contribution < 1.29 is 4.79 Å². The smallest absolute Gasteiger partial charge is 0.238 e. The topological polar surface area (TPSA) is 33.2 Å². The van der Waals surface area contributed by atoms with Gasteiger partial charge in [-0.1, -0.05) is 12.1 Å². The Morgan fingerprint density at radius 1 is 1.20 bits per heavy atom. The molecule has 2 aromatic rings. The summed E-state index contributed by atoms with van der Waals surface area (Å²) in [6.07, 6.45) is 1.78. The van der Waals surface area contributed by atoms with Crippen LogP contribution in [-0.4, -0.2) is 16.6 Å². The quantitative estimate of drug-likeness (QED) is 0.846. The Morgan fingerprint density at radius 2 is 2.05 bits per heavy atom. The van der Waals surface area contributed by atoms with E-state index in [9.17, 15) is 4.79 Å². The summed E-state index contributed by atoms with van der Waals surface area (Å²) >= 11 is 1.63. The van der Waals surface area contributed by atoms with Gasteiger partial charge >= 0.3 is 0 Å². The van der Waals surface area contributed by atoms with Crippen molar-refractivity contribution in [1.82, 2.24) is 4.98 Å². The molecule has 102 valence electrons. The molecule has 0 N–H and O–H groups in total. The van der Waals surface area contributed by atoms with E-state index < -0.39 is 0 Å². The third-order valence-corrected chi connectivity index (χ3v) is 4.76. The number of carbonyl (C=O) groups excluding carboxylic acids is 1. The summed E-state index contributed by atoms with van der Waals surface area (Å²) in [6.45, 7) is 4.15. The highest BCUT2D eigenvalue weighted by molar-refractivity contribution is 8.00. The molecule has 0 aliphatic carbocycles. The van der Waals surface area contributed by atoms with Gasteiger partial charge in [0.1, 0.15) is 5.37 Å². The van der Waals surface area contributed by atoms with E-state index in [1.807, 2.05) is 29.2 Å². The summed E-state index contributed by atoms with van der Waals surface area (Å²) in [7, 11) is 0. The fourth-order valence-corrected chi connectivity index (χ4v) is 3.46. The number of aromatic nitrogens is 1. The Bertz CT molecular complexity index is 642. The van der Waals surface area contributed by atoms with Gasteiger partial charge in [0.15, 0.2) is 0 Å². The number of nitrogens with zero attached hydrogens (tertiary/aromatic N) is 2. The molecule has 1 aliphatic rings. The molecule has 4 heteroatoms. The van der Waals surface area contributed by atoms with Crippen LogP contribution in [0.4, 0.5) is 5.69 Å². The van der Waals surface area contributed by atoms with Gasteiger partial charge < -0.3 is 0 Å². The first-order valence-corrected chi connectivity index (χ1v) is 7.63. The van der Waals surface area contributed by atoms with Gasteiger partial charge in [0.05, 0.1) is 11.4 Å². The molecule has 1 amide bonds. The van der Waals surface area contributed by atoms with Gasteiger partial charge in [0.25, 0.3) is 0 Å². The van der Waals surface area contributed by atoms with Gasteiger partial charge in [-0.2, -0.15) is 0 Å². The maximum atomic E-state index is 12.2. The van der Waals surface area contributed by atoms with Gasteiger partial charge in [-0.3, -0.25) is 14.7 Å². The van der Waals surface area contributed by atoms with Crippen LogP contribution in [0.5, 0.6) is 0 Å². The zero-order chi connectivity index (χ0) is 14.1. The highest BCUT2D eigenvalue weighted by atomic mass is 32.2. The van der Waals surface area contributed by atoms with E-state index in [0.29, 0.717) is 5.75 Å². The highest BCUT2D eigenvalue weighted by Gasteiger charge is 2.34. The van der Waals surface area contributed by atoms with Crippen LogP contribution in [0.25, 0.3) is 0 Å². The molecule has 0 radical (unpaired) electrons.